The summed E-state index contributed by atoms with van der Waals surface area (Å²) in [5.74, 6) is 1.87. The molecule has 0 heterocycles. The minimum atomic E-state index is 0.347. The minimum Gasteiger partial charge on any atom is -0.508 e. The van der Waals surface area contributed by atoms with Crippen molar-refractivity contribution in [3.63, 3.8) is 0 Å². The van der Waals surface area contributed by atoms with Gasteiger partial charge in [0.05, 0.1) is 0 Å². The molecule has 1 aliphatic carbocycles. The van der Waals surface area contributed by atoms with Gasteiger partial charge in [-0.15, -0.1) is 0 Å². The van der Waals surface area contributed by atoms with Crippen molar-refractivity contribution in [2.75, 3.05) is 6.54 Å². The number of phenols is 1. The lowest BCUT2D eigenvalue weighted by molar-refractivity contribution is 0.359. The highest BCUT2D eigenvalue weighted by molar-refractivity contribution is 5.25. The van der Waals surface area contributed by atoms with E-state index < -0.39 is 0 Å². The molecule has 1 aromatic rings. The van der Waals surface area contributed by atoms with Gasteiger partial charge in [-0.1, -0.05) is 30.7 Å². The van der Waals surface area contributed by atoms with Gasteiger partial charge in [-0.05, 0) is 75.6 Å². The second-order valence-electron chi connectivity index (χ2n) is 6.81. The molecular formula is C19H29NO. The SMILES string of the molecule is CC1=CC(C)CC(CNC(C)CCc2ccc(O)cc2)C1. The lowest BCUT2D eigenvalue weighted by Crippen LogP contribution is -2.33. The van der Waals surface area contributed by atoms with Crippen LogP contribution in [0.4, 0.5) is 0 Å². The molecule has 0 amide bonds. The third-order valence-corrected chi connectivity index (χ3v) is 4.44. The van der Waals surface area contributed by atoms with Crippen LogP contribution >= 0.6 is 0 Å². The maximum atomic E-state index is 9.29. The van der Waals surface area contributed by atoms with E-state index in [1.54, 1.807) is 17.7 Å². The minimum absolute atomic E-state index is 0.347. The zero-order chi connectivity index (χ0) is 15.2. The van der Waals surface area contributed by atoms with Gasteiger partial charge < -0.3 is 10.4 Å². The molecular weight excluding hydrogens is 258 g/mol. The number of phenolic OH excluding ortho intramolecular Hbond substituents is 1. The quantitative estimate of drug-likeness (QED) is 0.765. The fourth-order valence-corrected chi connectivity index (χ4v) is 3.36. The zero-order valence-electron chi connectivity index (χ0n) is 13.6. The molecule has 0 saturated carbocycles. The molecule has 3 atom stereocenters. The first-order valence-electron chi connectivity index (χ1n) is 8.21. The zero-order valence-corrected chi connectivity index (χ0v) is 13.6. The Bertz CT molecular complexity index is 463. The van der Waals surface area contributed by atoms with Gasteiger partial charge in [0.25, 0.3) is 0 Å². The second kappa shape index (κ2) is 7.65. The molecule has 2 N–H and O–H groups in total. The van der Waals surface area contributed by atoms with E-state index in [9.17, 15) is 5.11 Å². The highest BCUT2D eigenvalue weighted by Gasteiger charge is 2.18. The Morgan fingerprint density at radius 2 is 2.00 bits per heavy atom. The Hall–Kier alpha value is -1.28. The fourth-order valence-electron chi connectivity index (χ4n) is 3.36. The molecule has 0 aromatic heterocycles. The van der Waals surface area contributed by atoms with Crippen LogP contribution in [0.3, 0.4) is 0 Å². The molecule has 3 unspecified atom stereocenters. The Morgan fingerprint density at radius 1 is 1.29 bits per heavy atom. The topological polar surface area (TPSA) is 32.3 Å². The average Bonchev–Trinajstić information content (AvgIpc) is 2.43. The monoisotopic (exact) mass is 287 g/mol. The number of allylic oxidation sites excluding steroid dienone is 2. The molecule has 2 rings (SSSR count). The van der Waals surface area contributed by atoms with Gasteiger partial charge in [0, 0.05) is 6.04 Å². The number of nitrogens with one attached hydrogen (secondary N) is 1. The van der Waals surface area contributed by atoms with E-state index in [1.807, 2.05) is 12.1 Å². The van der Waals surface area contributed by atoms with Gasteiger partial charge in [-0.25, -0.2) is 0 Å². The number of benzene rings is 1. The largest absolute Gasteiger partial charge is 0.508 e. The van der Waals surface area contributed by atoms with Crippen molar-refractivity contribution in [2.45, 2.75) is 52.5 Å². The number of aryl methyl sites for hydroxylation is 1. The van der Waals surface area contributed by atoms with Gasteiger partial charge in [-0.3, -0.25) is 0 Å². The van der Waals surface area contributed by atoms with E-state index in [2.05, 4.69) is 32.2 Å². The van der Waals surface area contributed by atoms with Gasteiger partial charge >= 0.3 is 0 Å². The number of hydrogen-bond donors (Lipinski definition) is 2. The summed E-state index contributed by atoms with van der Waals surface area (Å²) in [5, 5.41) is 13.0. The molecule has 0 fully saturated rings. The van der Waals surface area contributed by atoms with Gasteiger partial charge in [0.1, 0.15) is 5.75 Å². The van der Waals surface area contributed by atoms with Crippen molar-refractivity contribution in [3.05, 3.63) is 41.5 Å². The predicted octanol–water partition coefficient (Wildman–Crippen LogP) is 4.30. The van der Waals surface area contributed by atoms with Crippen LogP contribution in [0.1, 0.15) is 45.6 Å². The average molecular weight is 287 g/mol. The van der Waals surface area contributed by atoms with E-state index in [0.717, 1.165) is 31.2 Å². The van der Waals surface area contributed by atoms with E-state index in [-0.39, 0.29) is 0 Å². The lowest BCUT2D eigenvalue weighted by atomic mass is 9.83. The summed E-state index contributed by atoms with van der Waals surface area (Å²) < 4.78 is 0. The predicted molar refractivity (Wildman–Crippen MR) is 89.5 cm³/mol. The molecule has 0 bridgehead atoms. The third-order valence-electron chi connectivity index (χ3n) is 4.44. The molecule has 0 saturated heterocycles. The van der Waals surface area contributed by atoms with Crippen LogP contribution in [0, 0.1) is 11.8 Å². The Labute approximate surface area is 129 Å². The highest BCUT2D eigenvalue weighted by Crippen LogP contribution is 2.27. The van der Waals surface area contributed by atoms with Crippen LogP contribution in [-0.2, 0) is 6.42 Å². The maximum Gasteiger partial charge on any atom is 0.115 e. The molecule has 2 nitrogen and oxygen atoms in total. The molecule has 0 radical (unpaired) electrons. The lowest BCUT2D eigenvalue weighted by Gasteiger charge is -2.27. The normalized spacial score (nSPS) is 23.7. The summed E-state index contributed by atoms with van der Waals surface area (Å²) in [6, 6.07) is 8.11. The smallest absolute Gasteiger partial charge is 0.115 e. The Balaban J connectivity index is 1.69. The van der Waals surface area contributed by atoms with Gasteiger partial charge in [0.2, 0.25) is 0 Å². The van der Waals surface area contributed by atoms with Crippen molar-refractivity contribution in [2.24, 2.45) is 11.8 Å². The van der Waals surface area contributed by atoms with Crippen molar-refractivity contribution in [3.8, 4) is 5.75 Å². The fraction of sp³-hybridized carbons (Fsp3) is 0.579. The van der Waals surface area contributed by atoms with Gasteiger partial charge in [-0.2, -0.15) is 0 Å². The first kappa shape index (κ1) is 16.1. The molecule has 0 spiro atoms. The van der Waals surface area contributed by atoms with Crippen molar-refractivity contribution >= 4 is 0 Å². The number of rotatable bonds is 6. The molecule has 21 heavy (non-hydrogen) atoms. The van der Waals surface area contributed by atoms with Crippen LogP contribution in [0.15, 0.2) is 35.9 Å². The van der Waals surface area contributed by atoms with Crippen LogP contribution in [0.2, 0.25) is 0 Å². The van der Waals surface area contributed by atoms with Crippen LogP contribution < -0.4 is 5.32 Å². The second-order valence-corrected chi connectivity index (χ2v) is 6.81. The summed E-state index contributed by atoms with van der Waals surface area (Å²) >= 11 is 0. The van der Waals surface area contributed by atoms with Crippen LogP contribution in [0.25, 0.3) is 0 Å². The standard InChI is InChI=1S/C19H29NO/c1-14-10-15(2)12-18(11-14)13-20-16(3)4-5-17-6-8-19(21)9-7-17/h6-10,14,16,18,20-21H,4-5,11-13H2,1-3H3. The van der Waals surface area contributed by atoms with E-state index in [1.165, 1.54) is 18.4 Å². The van der Waals surface area contributed by atoms with E-state index >= 15 is 0 Å². The van der Waals surface area contributed by atoms with Crippen molar-refractivity contribution in [1.29, 1.82) is 0 Å². The van der Waals surface area contributed by atoms with Crippen LogP contribution in [-0.4, -0.2) is 17.7 Å². The maximum absolute atomic E-state index is 9.29. The summed E-state index contributed by atoms with van der Waals surface area (Å²) in [7, 11) is 0. The Morgan fingerprint density at radius 3 is 2.67 bits per heavy atom. The molecule has 2 heteroatoms. The van der Waals surface area contributed by atoms with Gasteiger partial charge in [0.15, 0.2) is 0 Å². The third kappa shape index (κ3) is 5.55. The first-order chi connectivity index (χ1) is 10.0. The van der Waals surface area contributed by atoms with Crippen molar-refractivity contribution < 1.29 is 5.11 Å². The molecule has 1 aromatic carbocycles. The Kier molecular flexibility index (Phi) is 5.86. The number of aromatic hydroxyl groups is 1. The highest BCUT2D eigenvalue weighted by atomic mass is 16.3. The van der Waals surface area contributed by atoms with E-state index in [0.29, 0.717) is 11.8 Å². The summed E-state index contributed by atoms with van der Waals surface area (Å²) in [5.41, 5.74) is 2.85. The molecule has 0 aliphatic heterocycles. The molecule has 116 valence electrons. The van der Waals surface area contributed by atoms with Crippen LogP contribution in [0.5, 0.6) is 5.75 Å². The molecule has 1 aliphatic rings. The van der Waals surface area contributed by atoms with E-state index in [4.69, 9.17) is 0 Å². The first-order valence-corrected chi connectivity index (χ1v) is 8.21. The van der Waals surface area contributed by atoms with Crippen molar-refractivity contribution in [1.82, 2.24) is 5.32 Å². The summed E-state index contributed by atoms with van der Waals surface area (Å²) in [4.78, 5) is 0. The number of hydrogen-bond acceptors (Lipinski definition) is 2. The summed E-state index contributed by atoms with van der Waals surface area (Å²) in [6.45, 7) is 7.99. The summed E-state index contributed by atoms with van der Waals surface area (Å²) in [6.07, 6.45) is 7.19.